The van der Waals surface area contributed by atoms with E-state index in [0.717, 1.165) is 63.3 Å². The number of amides is 2. The van der Waals surface area contributed by atoms with Crippen LogP contribution in [0.3, 0.4) is 0 Å². The Morgan fingerprint density at radius 1 is 0.967 bits per heavy atom. The van der Waals surface area contributed by atoms with Crippen LogP contribution in [0, 0.1) is 13.8 Å². The second kappa shape index (κ2) is 9.47. The lowest BCUT2D eigenvalue weighted by Gasteiger charge is -2.41. The normalized spacial score (nSPS) is 18.9. The number of piperidine rings is 2. The van der Waals surface area contributed by atoms with Crippen molar-refractivity contribution in [3.05, 3.63) is 53.9 Å². The largest absolute Gasteiger partial charge is 0.490 e. The molecule has 2 aromatic rings. The fourth-order valence-corrected chi connectivity index (χ4v) is 4.42. The van der Waals surface area contributed by atoms with Crippen molar-refractivity contribution in [1.29, 1.82) is 0 Å². The highest BCUT2D eigenvalue weighted by Gasteiger charge is 2.30. The third-order valence-electron chi connectivity index (χ3n) is 6.46. The molecule has 3 heterocycles. The highest BCUT2D eigenvalue weighted by Crippen LogP contribution is 2.24. The Bertz CT molecular complexity index is 842. The van der Waals surface area contributed by atoms with Crippen LogP contribution < -0.4 is 10.1 Å². The molecule has 0 atom stereocenters. The first-order valence-electron chi connectivity index (χ1n) is 11.0. The van der Waals surface area contributed by atoms with Crippen molar-refractivity contribution in [2.75, 3.05) is 31.5 Å². The zero-order valence-electron chi connectivity index (χ0n) is 18.0. The summed E-state index contributed by atoms with van der Waals surface area (Å²) in [4.78, 5) is 21.2. The van der Waals surface area contributed by atoms with Gasteiger partial charge in [-0.1, -0.05) is 6.07 Å². The predicted molar refractivity (Wildman–Crippen MR) is 119 cm³/mol. The molecule has 1 N–H and O–H groups in total. The molecule has 2 amide bonds. The molecule has 30 heavy (non-hydrogen) atoms. The van der Waals surface area contributed by atoms with E-state index in [1.54, 1.807) is 12.4 Å². The monoisotopic (exact) mass is 408 g/mol. The van der Waals surface area contributed by atoms with Gasteiger partial charge >= 0.3 is 6.03 Å². The molecular weight excluding hydrogens is 376 g/mol. The molecule has 0 saturated carbocycles. The molecular formula is C24H32N4O2. The fourth-order valence-electron chi connectivity index (χ4n) is 4.42. The van der Waals surface area contributed by atoms with Crippen LogP contribution in [-0.2, 0) is 0 Å². The van der Waals surface area contributed by atoms with Crippen LogP contribution in [0.1, 0.15) is 36.8 Å². The Balaban J connectivity index is 1.21. The average molecular weight is 409 g/mol. The number of urea groups is 1. The van der Waals surface area contributed by atoms with Crippen LogP contribution in [0.25, 0.3) is 0 Å². The Kier molecular flexibility index (Phi) is 6.53. The second-order valence-corrected chi connectivity index (χ2v) is 8.48. The first-order chi connectivity index (χ1) is 14.6. The smallest absolute Gasteiger partial charge is 0.321 e. The minimum Gasteiger partial charge on any atom is -0.490 e. The summed E-state index contributed by atoms with van der Waals surface area (Å²) >= 11 is 0. The van der Waals surface area contributed by atoms with E-state index in [4.69, 9.17) is 4.74 Å². The van der Waals surface area contributed by atoms with Crippen molar-refractivity contribution < 1.29 is 9.53 Å². The molecule has 0 spiro atoms. The molecule has 0 radical (unpaired) electrons. The Morgan fingerprint density at radius 3 is 2.33 bits per heavy atom. The van der Waals surface area contributed by atoms with Crippen LogP contribution in [0.5, 0.6) is 5.75 Å². The topological polar surface area (TPSA) is 57.7 Å². The SMILES string of the molecule is Cc1ccc(NC(=O)N2CCC(N3CCC(Oc4ccncc4)CC3)CC2)cc1C. The van der Waals surface area contributed by atoms with E-state index < -0.39 is 0 Å². The molecule has 1 aromatic carbocycles. The van der Waals surface area contributed by atoms with Gasteiger partial charge in [-0.15, -0.1) is 0 Å². The molecule has 0 bridgehead atoms. The van der Waals surface area contributed by atoms with Gasteiger partial charge in [0.15, 0.2) is 0 Å². The summed E-state index contributed by atoms with van der Waals surface area (Å²) < 4.78 is 6.08. The van der Waals surface area contributed by atoms with Crippen LogP contribution in [-0.4, -0.2) is 59.1 Å². The third-order valence-corrected chi connectivity index (χ3v) is 6.46. The number of aromatic nitrogens is 1. The highest BCUT2D eigenvalue weighted by molar-refractivity contribution is 5.89. The van der Waals surface area contributed by atoms with Crippen molar-refractivity contribution in [2.24, 2.45) is 0 Å². The number of nitrogens with zero attached hydrogens (tertiary/aromatic N) is 3. The zero-order valence-corrected chi connectivity index (χ0v) is 18.0. The van der Waals surface area contributed by atoms with Crippen LogP contribution in [0.2, 0.25) is 0 Å². The van der Waals surface area contributed by atoms with Crippen molar-refractivity contribution in [2.45, 2.75) is 51.7 Å². The molecule has 0 unspecified atom stereocenters. The number of pyridine rings is 1. The molecule has 1 aromatic heterocycles. The molecule has 160 valence electrons. The number of nitrogens with one attached hydrogen (secondary N) is 1. The number of carbonyl (C=O) groups is 1. The number of anilines is 1. The van der Waals surface area contributed by atoms with Gasteiger partial charge in [-0.25, -0.2) is 4.79 Å². The van der Waals surface area contributed by atoms with Crippen LogP contribution >= 0.6 is 0 Å². The summed E-state index contributed by atoms with van der Waals surface area (Å²) in [6.45, 7) is 7.91. The van der Waals surface area contributed by atoms with Gasteiger partial charge in [0.25, 0.3) is 0 Å². The Morgan fingerprint density at radius 2 is 1.67 bits per heavy atom. The van der Waals surface area contributed by atoms with Gasteiger partial charge in [0.05, 0.1) is 0 Å². The summed E-state index contributed by atoms with van der Waals surface area (Å²) in [6.07, 6.45) is 8.01. The van der Waals surface area contributed by atoms with E-state index in [9.17, 15) is 4.79 Å². The van der Waals surface area contributed by atoms with Crippen LogP contribution in [0.15, 0.2) is 42.7 Å². The molecule has 2 aliphatic heterocycles. The Labute approximate surface area is 179 Å². The highest BCUT2D eigenvalue weighted by atomic mass is 16.5. The van der Waals surface area contributed by atoms with Gasteiger partial charge in [-0.2, -0.15) is 0 Å². The van der Waals surface area contributed by atoms with E-state index >= 15 is 0 Å². The average Bonchev–Trinajstić information content (AvgIpc) is 2.78. The van der Waals surface area contributed by atoms with Gasteiger partial charge in [-0.3, -0.25) is 9.88 Å². The summed E-state index contributed by atoms with van der Waals surface area (Å²) in [5.41, 5.74) is 3.31. The minimum atomic E-state index is 0.0150. The minimum absolute atomic E-state index is 0.0150. The van der Waals surface area contributed by atoms with Crippen LogP contribution in [0.4, 0.5) is 10.5 Å². The number of hydrogen-bond acceptors (Lipinski definition) is 4. The number of likely N-dealkylation sites (tertiary alicyclic amines) is 2. The van der Waals surface area contributed by atoms with E-state index in [-0.39, 0.29) is 12.1 Å². The van der Waals surface area contributed by atoms with E-state index in [0.29, 0.717) is 6.04 Å². The standard InChI is InChI=1S/C24H32N4O2/c1-18-3-4-20(17-19(18)2)26-24(29)28-13-7-21(8-14-28)27-15-9-23(10-16-27)30-22-5-11-25-12-6-22/h3-6,11-12,17,21,23H,7-10,13-16H2,1-2H3,(H,26,29). The first-order valence-corrected chi connectivity index (χ1v) is 11.0. The molecule has 0 aliphatic carbocycles. The van der Waals surface area contributed by atoms with E-state index in [1.807, 2.05) is 29.2 Å². The van der Waals surface area contributed by atoms with Crippen molar-refractivity contribution in [1.82, 2.24) is 14.8 Å². The number of aryl methyl sites for hydroxylation is 2. The summed E-state index contributed by atoms with van der Waals surface area (Å²) in [5, 5.41) is 3.06. The van der Waals surface area contributed by atoms with Gasteiger partial charge in [-0.05, 0) is 74.9 Å². The molecule has 2 fully saturated rings. The van der Waals surface area contributed by atoms with Gasteiger partial charge < -0.3 is 15.0 Å². The molecule has 2 aliphatic rings. The Hall–Kier alpha value is -2.60. The zero-order chi connectivity index (χ0) is 20.9. The van der Waals surface area contributed by atoms with E-state index in [2.05, 4.69) is 35.1 Å². The van der Waals surface area contributed by atoms with E-state index in [1.165, 1.54) is 11.1 Å². The molecule has 6 heteroatoms. The summed E-state index contributed by atoms with van der Waals surface area (Å²) in [5.74, 6) is 0.909. The number of rotatable bonds is 4. The lowest BCUT2D eigenvalue weighted by Crippen LogP contribution is -2.50. The number of hydrogen-bond donors (Lipinski definition) is 1. The maximum atomic E-state index is 12.6. The first kappa shape index (κ1) is 20.7. The maximum Gasteiger partial charge on any atom is 0.321 e. The number of ether oxygens (including phenoxy) is 1. The second-order valence-electron chi connectivity index (χ2n) is 8.48. The van der Waals surface area contributed by atoms with Gasteiger partial charge in [0.1, 0.15) is 11.9 Å². The van der Waals surface area contributed by atoms with Crippen molar-refractivity contribution in [3.8, 4) is 5.75 Å². The lowest BCUT2D eigenvalue weighted by atomic mass is 9.99. The van der Waals surface area contributed by atoms with Crippen molar-refractivity contribution in [3.63, 3.8) is 0 Å². The summed E-state index contributed by atoms with van der Waals surface area (Å²) in [6, 6.07) is 10.5. The molecule has 4 rings (SSSR count). The molecule has 6 nitrogen and oxygen atoms in total. The third kappa shape index (κ3) is 5.11. The maximum absolute atomic E-state index is 12.6. The van der Waals surface area contributed by atoms with Gasteiger partial charge in [0.2, 0.25) is 0 Å². The van der Waals surface area contributed by atoms with Crippen molar-refractivity contribution >= 4 is 11.7 Å². The summed E-state index contributed by atoms with van der Waals surface area (Å²) in [7, 11) is 0. The lowest BCUT2D eigenvalue weighted by molar-refractivity contribution is 0.0545. The van der Waals surface area contributed by atoms with Gasteiger partial charge in [0, 0.05) is 50.3 Å². The molecule has 2 saturated heterocycles. The fraction of sp³-hybridized carbons (Fsp3) is 0.500. The quantitative estimate of drug-likeness (QED) is 0.822. The number of benzene rings is 1. The predicted octanol–water partition coefficient (Wildman–Crippen LogP) is 4.24. The number of carbonyl (C=O) groups excluding carboxylic acids is 1.